The predicted molar refractivity (Wildman–Crippen MR) is 103 cm³/mol. The summed E-state index contributed by atoms with van der Waals surface area (Å²) in [5, 5.41) is 4.49. The van der Waals surface area contributed by atoms with Crippen LogP contribution < -0.4 is 14.8 Å². The summed E-state index contributed by atoms with van der Waals surface area (Å²) in [5.74, 6) is 1.15. The number of ether oxygens (including phenoxy) is 2. The Kier molecular flexibility index (Phi) is 4.22. The van der Waals surface area contributed by atoms with Gasteiger partial charge in [0.15, 0.2) is 16.6 Å². The zero-order valence-corrected chi connectivity index (χ0v) is 15.1. The van der Waals surface area contributed by atoms with Crippen molar-refractivity contribution in [2.45, 2.75) is 6.42 Å². The van der Waals surface area contributed by atoms with Gasteiger partial charge < -0.3 is 19.8 Å². The van der Waals surface area contributed by atoms with Crippen LogP contribution in [0.4, 0.5) is 5.13 Å². The van der Waals surface area contributed by atoms with Gasteiger partial charge in [-0.1, -0.05) is 29.5 Å². The lowest BCUT2D eigenvalue weighted by Crippen LogP contribution is -2.13. The summed E-state index contributed by atoms with van der Waals surface area (Å²) in [6.07, 6.45) is 2.16. The number of aromatic amines is 1. The molecule has 0 bridgehead atoms. The first kappa shape index (κ1) is 16.4. The summed E-state index contributed by atoms with van der Waals surface area (Å²) in [7, 11) is 3.18. The Balaban J connectivity index is 1.55. The van der Waals surface area contributed by atoms with Gasteiger partial charge in [-0.05, 0) is 11.6 Å². The Hall–Kier alpha value is -3.06. The van der Waals surface area contributed by atoms with Crippen LogP contribution >= 0.6 is 11.3 Å². The summed E-state index contributed by atoms with van der Waals surface area (Å²) in [6, 6.07) is 11.6. The quantitative estimate of drug-likeness (QED) is 0.559. The maximum atomic E-state index is 12.4. The molecule has 0 aliphatic carbocycles. The maximum absolute atomic E-state index is 12.4. The molecule has 7 heteroatoms. The predicted octanol–water partition coefficient (Wildman–Crippen LogP) is 3.98. The summed E-state index contributed by atoms with van der Waals surface area (Å²) in [6.45, 7) is 0. The zero-order valence-electron chi connectivity index (χ0n) is 14.3. The minimum Gasteiger partial charge on any atom is -0.493 e. The minimum atomic E-state index is -0.104. The van der Waals surface area contributed by atoms with E-state index in [2.05, 4.69) is 15.3 Å². The topological polar surface area (TPSA) is 76.2 Å². The second-order valence-corrected chi connectivity index (χ2v) is 6.81. The van der Waals surface area contributed by atoms with Crippen LogP contribution in [0.15, 0.2) is 42.6 Å². The highest BCUT2D eigenvalue weighted by molar-refractivity contribution is 7.22. The van der Waals surface area contributed by atoms with E-state index >= 15 is 0 Å². The summed E-state index contributed by atoms with van der Waals surface area (Å²) in [4.78, 5) is 20.1. The highest BCUT2D eigenvalue weighted by Crippen LogP contribution is 2.36. The van der Waals surface area contributed by atoms with Gasteiger partial charge >= 0.3 is 0 Å². The third-order valence-corrected chi connectivity index (χ3v) is 5.10. The van der Waals surface area contributed by atoms with Gasteiger partial charge in [-0.3, -0.25) is 4.79 Å². The molecule has 2 N–H and O–H groups in total. The Morgan fingerprint density at radius 3 is 2.77 bits per heavy atom. The van der Waals surface area contributed by atoms with E-state index in [1.807, 2.05) is 36.5 Å². The van der Waals surface area contributed by atoms with Crippen molar-refractivity contribution in [3.63, 3.8) is 0 Å². The zero-order chi connectivity index (χ0) is 18.1. The Labute approximate surface area is 153 Å². The molecule has 2 heterocycles. The van der Waals surface area contributed by atoms with E-state index in [1.165, 1.54) is 11.3 Å². The lowest BCUT2D eigenvalue weighted by molar-refractivity contribution is -0.115. The number of fused-ring (bicyclic) bond motifs is 2. The van der Waals surface area contributed by atoms with Crippen LogP contribution in [0.2, 0.25) is 0 Å². The SMILES string of the molecule is COc1cc2nc(NC(=O)Cc3c[nH]c4ccccc34)sc2cc1OC. The Bertz CT molecular complexity index is 1060. The number of anilines is 1. The molecule has 1 amide bonds. The van der Waals surface area contributed by atoms with Crippen LogP contribution in [-0.2, 0) is 11.2 Å². The van der Waals surface area contributed by atoms with Crippen LogP contribution in [-0.4, -0.2) is 30.1 Å². The number of nitrogens with zero attached hydrogens (tertiary/aromatic N) is 1. The molecule has 0 spiro atoms. The molecule has 0 radical (unpaired) electrons. The number of thiazole rings is 1. The van der Waals surface area contributed by atoms with E-state index in [0.29, 0.717) is 16.6 Å². The molecular formula is C19H17N3O3S. The van der Waals surface area contributed by atoms with E-state index in [4.69, 9.17) is 9.47 Å². The van der Waals surface area contributed by atoms with Gasteiger partial charge in [0.1, 0.15) is 0 Å². The summed E-state index contributed by atoms with van der Waals surface area (Å²) >= 11 is 1.40. The van der Waals surface area contributed by atoms with Crippen molar-refractivity contribution in [3.8, 4) is 11.5 Å². The maximum Gasteiger partial charge on any atom is 0.230 e. The van der Waals surface area contributed by atoms with Crippen LogP contribution in [0.5, 0.6) is 11.5 Å². The first-order valence-corrected chi connectivity index (χ1v) is 8.87. The van der Waals surface area contributed by atoms with Gasteiger partial charge in [0.25, 0.3) is 0 Å². The highest BCUT2D eigenvalue weighted by Gasteiger charge is 2.14. The van der Waals surface area contributed by atoms with Gasteiger partial charge in [0.2, 0.25) is 5.91 Å². The van der Waals surface area contributed by atoms with Crippen molar-refractivity contribution in [1.82, 2.24) is 9.97 Å². The molecule has 4 aromatic rings. The number of nitrogens with one attached hydrogen (secondary N) is 2. The molecule has 0 fully saturated rings. The second-order valence-electron chi connectivity index (χ2n) is 5.78. The number of benzene rings is 2. The molecule has 0 aliphatic heterocycles. The minimum absolute atomic E-state index is 0.104. The smallest absolute Gasteiger partial charge is 0.230 e. The van der Waals surface area contributed by atoms with Gasteiger partial charge in [-0.15, -0.1) is 0 Å². The number of rotatable bonds is 5. The molecule has 0 atom stereocenters. The van der Waals surface area contributed by atoms with E-state index < -0.39 is 0 Å². The monoisotopic (exact) mass is 367 g/mol. The lowest BCUT2D eigenvalue weighted by Gasteiger charge is -2.05. The van der Waals surface area contributed by atoms with E-state index in [1.54, 1.807) is 20.3 Å². The third kappa shape index (κ3) is 2.97. The molecule has 0 saturated heterocycles. The molecule has 6 nitrogen and oxygen atoms in total. The molecule has 0 saturated carbocycles. The van der Waals surface area contributed by atoms with Crippen molar-refractivity contribution >= 4 is 43.5 Å². The molecule has 2 aromatic heterocycles. The fourth-order valence-corrected chi connectivity index (χ4v) is 3.82. The number of carbonyl (C=O) groups excluding carboxylic acids is 1. The molecule has 132 valence electrons. The van der Waals surface area contributed by atoms with E-state index in [0.717, 1.165) is 26.7 Å². The number of para-hydroxylation sites is 1. The summed E-state index contributed by atoms with van der Waals surface area (Å²) in [5.41, 5.74) is 2.74. The van der Waals surface area contributed by atoms with Crippen molar-refractivity contribution in [3.05, 3.63) is 48.2 Å². The first-order valence-electron chi connectivity index (χ1n) is 8.05. The van der Waals surface area contributed by atoms with E-state index in [-0.39, 0.29) is 12.3 Å². The largest absolute Gasteiger partial charge is 0.493 e. The fraction of sp³-hybridized carbons (Fsp3) is 0.158. The summed E-state index contributed by atoms with van der Waals surface area (Å²) < 4.78 is 11.5. The number of amides is 1. The van der Waals surface area contributed by atoms with Gasteiger partial charge in [0, 0.05) is 29.2 Å². The van der Waals surface area contributed by atoms with Crippen LogP contribution in [0, 0.1) is 0 Å². The number of aromatic nitrogens is 2. The average molecular weight is 367 g/mol. The fourth-order valence-electron chi connectivity index (χ4n) is 2.92. The molecule has 0 unspecified atom stereocenters. The molecule has 4 rings (SSSR count). The van der Waals surface area contributed by atoms with Crippen LogP contribution in [0.25, 0.3) is 21.1 Å². The second kappa shape index (κ2) is 6.68. The normalized spacial score (nSPS) is 11.0. The Morgan fingerprint density at radius 1 is 1.19 bits per heavy atom. The number of methoxy groups -OCH3 is 2. The number of hydrogen-bond donors (Lipinski definition) is 2. The first-order chi connectivity index (χ1) is 12.7. The van der Waals surface area contributed by atoms with Gasteiger partial charge in [0.05, 0.1) is 30.9 Å². The molecule has 26 heavy (non-hydrogen) atoms. The molecule has 2 aromatic carbocycles. The van der Waals surface area contributed by atoms with Crippen LogP contribution in [0.1, 0.15) is 5.56 Å². The van der Waals surface area contributed by atoms with Gasteiger partial charge in [-0.25, -0.2) is 4.98 Å². The van der Waals surface area contributed by atoms with Gasteiger partial charge in [-0.2, -0.15) is 0 Å². The number of H-pyrrole nitrogens is 1. The van der Waals surface area contributed by atoms with Crippen LogP contribution in [0.3, 0.4) is 0 Å². The highest BCUT2D eigenvalue weighted by atomic mass is 32.1. The average Bonchev–Trinajstić information content (AvgIpc) is 3.23. The standard InChI is InChI=1S/C19H17N3O3S/c1-24-15-8-14-17(9-16(15)25-2)26-19(21-14)22-18(23)7-11-10-20-13-6-4-3-5-12(11)13/h3-6,8-10,20H,7H2,1-2H3,(H,21,22,23). The molecule has 0 aliphatic rings. The molecular weight excluding hydrogens is 350 g/mol. The lowest BCUT2D eigenvalue weighted by atomic mass is 10.1. The van der Waals surface area contributed by atoms with Crippen molar-refractivity contribution in [2.24, 2.45) is 0 Å². The van der Waals surface area contributed by atoms with Crippen molar-refractivity contribution < 1.29 is 14.3 Å². The van der Waals surface area contributed by atoms with Crippen molar-refractivity contribution in [1.29, 1.82) is 0 Å². The third-order valence-electron chi connectivity index (χ3n) is 4.17. The van der Waals surface area contributed by atoms with E-state index in [9.17, 15) is 4.79 Å². The number of carbonyl (C=O) groups is 1. The number of hydrogen-bond acceptors (Lipinski definition) is 5. The van der Waals surface area contributed by atoms with Crippen molar-refractivity contribution in [2.75, 3.05) is 19.5 Å². The Morgan fingerprint density at radius 2 is 1.96 bits per heavy atom.